The fourth-order valence-electron chi connectivity index (χ4n) is 1.55. The summed E-state index contributed by atoms with van der Waals surface area (Å²) in [4.78, 5) is 46.2. The quantitative estimate of drug-likeness (QED) is 0.585. The Morgan fingerprint density at radius 2 is 1.62 bits per heavy atom. The fraction of sp³-hybridized carbons (Fsp3) is 0.333. The van der Waals surface area contributed by atoms with E-state index in [0.717, 1.165) is 0 Å². The molecular formula is C15H20N4O5. The third kappa shape index (κ3) is 6.34. The van der Waals surface area contributed by atoms with E-state index in [1.807, 2.05) is 5.32 Å². The number of anilines is 1. The van der Waals surface area contributed by atoms with E-state index in [4.69, 9.17) is 4.74 Å². The molecule has 5 amide bonds. The molecule has 9 heteroatoms. The maximum absolute atomic E-state index is 11.9. The number of esters is 1. The van der Waals surface area contributed by atoms with Crippen molar-refractivity contribution in [3.05, 3.63) is 30.3 Å². The van der Waals surface area contributed by atoms with Crippen LogP contribution in [0.4, 0.5) is 15.3 Å². The topological polar surface area (TPSA) is 126 Å². The van der Waals surface area contributed by atoms with Crippen LogP contribution in [0.1, 0.15) is 13.8 Å². The number of hydrogen-bond donors (Lipinski definition) is 4. The highest BCUT2D eigenvalue weighted by atomic mass is 16.5. The Labute approximate surface area is 139 Å². The molecule has 0 saturated carbocycles. The Bertz CT molecular complexity index is 605. The first-order valence-corrected chi connectivity index (χ1v) is 7.19. The minimum Gasteiger partial charge on any atom is -0.451 e. The predicted octanol–water partition coefficient (Wildman–Crippen LogP) is 0.584. The van der Waals surface area contributed by atoms with E-state index in [-0.39, 0.29) is 0 Å². The van der Waals surface area contributed by atoms with Gasteiger partial charge in [0.2, 0.25) is 0 Å². The molecule has 4 N–H and O–H groups in total. The first-order valence-electron chi connectivity index (χ1n) is 7.19. The van der Waals surface area contributed by atoms with E-state index >= 15 is 0 Å². The van der Waals surface area contributed by atoms with Crippen LogP contribution in [-0.4, -0.2) is 43.1 Å². The molecule has 0 aliphatic rings. The molecule has 24 heavy (non-hydrogen) atoms. The molecule has 2 atom stereocenters. The molecule has 0 fully saturated rings. The summed E-state index contributed by atoms with van der Waals surface area (Å²) in [6, 6.07) is 6.39. The zero-order valence-electron chi connectivity index (χ0n) is 13.6. The molecule has 0 spiro atoms. The number of rotatable bonds is 5. The number of imide groups is 1. The van der Waals surface area contributed by atoms with Crippen LogP contribution >= 0.6 is 0 Å². The van der Waals surface area contributed by atoms with E-state index in [1.54, 1.807) is 30.3 Å². The molecular weight excluding hydrogens is 316 g/mol. The maximum atomic E-state index is 11.9. The number of ether oxygens (including phenoxy) is 1. The highest BCUT2D eigenvalue weighted by Crippen LogP contribution is 2.04. The van der Waals surface area contributed by atoms with Crippen molar-refractivity contribution in [2.45, 2.75) is 26.0 Å². The summed E-state index contributed by atoms with van der Waals surface area (Å²) in [5, 5.41) is 9.12. The lowest BCUT2D eigenvalue weighted by Gasteiger charge is -2.17. The Hall–Kier alpha value is -3.10. The predicted molar refractivity (Wildman–Crippen MR) is 86.2 cm³/mol. The molecule has 9 nitrogen and oxygen atoms in total. The van der Waals surface area contributed by atoms with Gasteiger partial charge in [0, 0.05) is 12.7 Å². The van der Waals surface area contributed by atoms with E-state index in [2.05, 4.69) is 16.0 Å². The lowest BCUT2D eigenvalue weighted by molar-refractivity contribution is -0.155. The second-order valence-electron chi connectivity index (χ2n) is 4.83. The molecule has 0 radical (unpaired) electrons. The molecule has 0 saturated heterocycles. The molecule has 0 bridgehead atoms. The molecule has 0 aliphatic heterocycles. The van der Waals surface area contributed by atoms with Crippen molar-refractivity contribution in [2.24, 2.45) is 0 Å². The van der Waals surface area contributed by atoms with E-state index < -0.39 is 36.1 Å². The summed E-state index contributed by atoms with van der Waals surface area (Å²) in [5.74, 6) is -1.58. The Balaban J connectivity index is 2.45. The normalized spacial score (nSPS) is 12.3. The van der Waals surface area contributed by atoms with E-state index in [9.17, 15) is 19.2 Å². The summed E-state index contributed by atoms with van der Waals surface area (Å²) >= 11 is 0. The summed E-state index contributed by atoms with van der Waals surface area (Å²) in [5.41, 5.74) is 0.564. The Morgan fingerprint density at radius 1 is 1.00 bits per heavy atom. The van der Waals surface area contributed by atoms with Gasteiger partial charge in [-0.3, -0.25) is 10.1 Å². The van der Waals surface area contributed by atoms with Crippen molar-refractivity contribution < 1.29 is 23.9 Å². The molecule has 0 aromatic heterocycles. The number of benzene rings is 1. The SMILES string of the molecule is CNC(=O)NC(=O)[C@H](C)OC(=O)[C@H](C)NC(=O)Nc1ccccc1. The van der Waals surface area contributed by atoms with Crippen molar-refractivity contribution in [3.8, 4) is 0 Å². The molecule has 130 valence electrons. The van der Waals surface area contributed by atoms with Gasteiger partial charge in [-0.05, 0) is 26.0 Å². The second kappa shape index (κ2) is 9.13. The molecule has 0 unspecified atom stereocenters. The molecule has 1 aromatic carbocycles. The van der Waals surface area contributed by atoms with Crippen LogP contribution in [0.3, 0.4) is 0 Å². The fourth-order valence-corrected chi connectivity index (χ4v) is 1.55. The Kier molecular flexibility index (Phi) is 7.21. The number of para-hydroxylation sites is 1. The van der Waals surface area contributed by atoms with Crippen LogP contribution in [0, 0.1) is 0 Å². The van der Waals surface area contributed by atoms with Crippen LogP contribution in [0.15, 0.2) is 30.3 Å². The number of amides is 5. The molecule has 0 heterocycles. The van der Waals surface area contributed by atoms with Gasteiger partial charge in [-0.1, -0.05) is 18.2 Å². The van der Waals surface area contributed by atoms with Crippen molar-refractivity contribution in [2.75, 3.05) is 12.4 Å². The number of hydrogen-bond acceptors (Lipinski definition) is 5. The summed E-state index contributed by atoms with van der Waals surface area (Å²) in [6.45, 7) is 2.73. The van der Waals surface area contributed by atoms with E-state index in [0.29, 0.717) is 5.69 Å². The Morgan fingerprint density at radius 3 is 2.21 bits per heavy atom. The first-order chi connectivity index (χ1) is 11.3. The minimum absolute atomic E-state index is 0.564. The van der Waals surface area contributed by atoms with Crippen molar-refractivity contribution >= 4 is 29.6 Å². The minimum atomic E-state index is -1.18. The van der Waals surface area contributed by atoms with Gasteiger partial charge in [0.15, 0.2) is 6.10 Å². The summed E-state index contributed by atoms with van der Waals surface area (Å²) < 4.78 is 4.90. The standard InChI is InChI=1S/C15H20N4O5/c1-9(17-15(23)18-11-7-5-4-6-8-11)13(21)24-10(2)12(20)19-14(22)16-3/h4-10H,1-3H3,(H2,17,18,23)(H2,16,19,20,22)/t9-,10-/m0/s1. The van der Waals surface area contributed by atoms with Gasteiger partial charge >= 0.3 is 18.0 Å². The smallest absolute Gasteiger partial charge is 0.329 e. The lowest BCUT2D eigenvalue weighted by atomic mass is 10.3. The van der Waals surface area contributed by atoms with Crippen LogP contribution in [0.25, 0.3) is 0 Å². The van der Waals surface area contributed by atoms with Crippen LogP contribution in [-0.2, 0) is 14.3 Å². The van der Waals surface area contributed by atoms with Crippen molar-refractivity contribution in [3.63, 3.8) is 0 Å². The number of nitrogens with one attached hydrogen (secondary N) is 4. The number of urea groups is 2. The van der Waals surface area contributed by atoms with Gasteiger partial charge in [-0.25, -0.2) is 14.4 Å². The summed E-state index contributed by atoms with van der Waals surface area (Å²) in [6.07, 6.45) is -1.18. The third-order valence-electron chi connectivity index (χ3n) is 2.86. The van der Waals surface area contributed by atoms with Gasteiger partial charge in [-0.15, -0.1) is 0 Å². The highest BCUT2D eigenvalue weighted by Gasteiger charge is 2.24. The van der Waals surface area contributed by atoms with Crippen molar-refractivity contribution in [1.29, 1.82) is 0 Å². The van der Waals surface area contributed by atoms with Gasteiger partial charge in [-0.2, -0.15) is 0 Å². The zero-order chi connectivity index (χ0) is 18.1. The molecule has 1 rings (SSSR count). The zero-order valence-corrected chi connectivity index (χ0v) is 13.6. The third-order valence-corrected chi connectivity index (χ3v) is 2.86. The van der Waals surface area contributed by atoms with E-state index in [1.165, 1.54) is 20.9 Å². The molecule has 1 aromatic rings. The first kappa shape index (κ1) is 18.9. The second-order valence-corrected chi connectivity index (χ2v) is 4.83. The van der Waals surface area contributed by atoms with Gasteiger partial charge in [0.1, 0.15) is 6.04 Å². The monoisotopic (exact) mass is 336 g/mol. The average Bonchev–Trinajstić information content (AvgIpc) is 2.55. The number of carbonyl (C=O) groups is 4. The summed E-state index contributed by atoms with van der Waals surface area (Å²) in [7, 11) is 1.34. The van der Waals surface area contributed by atoms with Crippen LogP contribution < -0.4 is 21.3 Å². The van der Waals surface area contributed by atoms with Crippen molar-refractivity contribution in [1.82, 2.24) is 16.0 Å². The van der Waals surface area contributed by atoms with Gasteiger partial charge in [0.25, 0.3) is 5.91 Å². The maximum Gasteiger partial charge on any atom is 0.329 e. The van der Waals surface area contributed by atoms with Crippen LogP contribution in [0.5, 0.6) is 0 Å². The van der Waals surface area contributed by atoms with Gasteiger partial charge in [0.05, 0.1) is 0 Å². The average molecular weight is 336 g/mol. The van der Waals surface area contributed by atoms with Crippen LogP contribution in [0.2, 0.25) is 0 Å². The van der Waals surface area contributed by atoms with Gasteiger partial charge < -0.3 is 20.7 Å². The lowest BCUT2D eigenvalue weighted by Crippen LogP contribution is -2.47. The largest absolute Gasteiger partial charge is 0.451 e. The molecule has 0 aliphatic carbocycles. The number of carbonyl (C=O) groups excluding carboxylic acids is 4. The highest BCUT2D eigenvalue weighted by molar-refractivity contribution is 5.97.